The monoisotopic (exact) mass is 288 g/mol. The predicted octanol–water partition coefficient (Wildman–Crippen LogP) is 1.83. The Morgan fingerprint density at radius 1 is 1.15 bits per heavy atom. The maximum absolute atomic E-state index is 11.7. The highest BCUT2D eigenvalue weighted by Crippen LogP contribution is 2.06. The van der Waals surface area contributed by atoms with Gasteiger partial charge in [0.1, 0.15) is 11.6 Å². The van der Waals surface area contributed by atoms with Crippen molar-refractivity contribution < 1.29 is 19.1 Å². The quantitative estimate of drug-likeness (QED) is 0.526. The second-order valence-electron chi connectivity index (χ2n) is 5.48. The van der Waals surface area contributed by atoms with Crippen molar-refractivity contribution >= 4 is 12.1 Å². The van der Waals surface area contributed by atoms with Crippen LogP contribution in [0.15, 0.2) is 0 Å². The van der Waals surface area contributed by atoms with Gasteiger partial charge >= 0.3 is 12.1 Å². The van der Waals surface area contributed by atoms with E-state index < -0.39 is 11.7 Å². The summed E-state index contributed by atoms with van der Waals surface area (Å²) in [6, 6.07) is -0.319. The largest absolute Gasteiger partial charge is 0.465 e. The first-order valence-electron chi connectivity index (χ1n) is 7.17. The van der Waals surface area contributed by atoms with Crippen molar-refractivity contribution in [2.24, 2.45) is 0 Å². The fourth-order valence-electron chi connectivity index (χ4n) is 1.56. The Bertz CT molecular complexity index is 300. The Labute approximate surface area is 121 Å². The Morgan fingerprint density at radius 3 is 2.30 bits per heavy atom. The molecule has 0 radical (unpaired) electrons. The molecule has 0 aliphatic rings. The fraction of sp³-hybridized carbons (Fsp3) is 0.857. The lowest BCUT2D eigenvalue weighted by atomic mass is 10.1. The lowest BCUT2D eigenvalue weighted by molar-refractivity contribution is -0.145. The molecule has 0 saturated heterocycles. The van der Waals surface area contributed by atoms with Crippen LogP contribution in [0.1, 0.15) is 47.5 Å². The first-order chi connectivity index (χ1) is 9.30. The fourth-order valence-corrected chi connectivity index (χ4v) is 1.56. The van der Waals surface area contributed by atoms with Crippen molar-refractivity contribution in [2.75, 3.05) is 19.7 Å². The minimum absolute atomic E-state index is 0.244. The van der Waals surface area contributed by atoms with Gasteiger partial charge in [0.05, 0.1) is 6.61 Å². The van der Waals surface area contributed by atoms with Gasteiger partial charge in [-0.05, 0) is 34.1 Å². The van der Waals surface area contributed by atoms with Crippen LogP contribution in [0.25, 0.3) is 0 Å². The molecule has 0 aliphatic carbocycles. The van der Waals surface area contributed by atoms with Crippen LogP contribution in [0.5, 0.6) is 0 Å². The number of alkyl carbamates (subject to hydrolysis) is 1. The van der Waals surface area contributed by atoms with Gasteiger partial charge in [0.15, 0.2) is 0 Å². The standard InChI is InChI=1S/C14H28N2O4/c1-6-8-11(12(17)19-7-2)15-9-10-16-13(18)20-14(3,4)5/h11,15H,6-10H2,1-5H3,(H,16,18). The summed E-state index contributed by atoms with van der Waals surface area (Å²) >= 11 is 0. The molecule has 6 nitrogen and oxygen atoms in total. The van der Waals surface area contributed by atoms with E-state index in [4.69, 9.17) is 9.47 Å². The Kier molecular flexibility index (Phi) is 8.96. The van der Waals surface area contributed by atoms with E-state index in [1.54, 1.807) is 6.92 Å². The molecule has 1 atom stereocenters. The van der Waals surface area contributed by atoms with E-state index in [1.807, 2.05) is 27.7 Å². The summed E-state index contributed by atoms with van der Waals surface area (Å²) in [6.07, 6.45) is 1.14. The third-order valence-corrected chi connectivity index (χ3v) is 2.33. The maximum Gasteiger partial charge on any atom is 0.407 e. The summed E-state index contributed by atoms with van der Waals surface area (Å²) in [5, 5.41) is 5.71. The van der Waals surface area contributed by atoms with Crippen LogP contribution in [-0.2, 0) is 14.3 Å². The van der Waals surface area contributed by atoms with Crippen LogP contribution in [0.4, 0.5) is 4.79 Å². The molecule has 1 unspecified atom stereocenters. The summed E-state index contributed by atoms with van der Waals surface area (Å²) in [6.45, 7) is 10.5. The van der Waals surface area contributed by atoms with Gasteiger partial charge in [0.2, 0.25) is 0 Å². The molecule has 0 saturated carbocycles. The number of hydrogen-bond donors (Lipinski definition) is 2. The molecule has 0 aromatic heterocycles. The van der Waals surface area contributed by atoms with Crippen LogP contribution >= 0.6 is 0 Å². The van der Waals surface area contributed by atoms with E-state index in [-0.39, 0.29) is 12.0 Å². The van der Waals surface area contributed by atoms with Gasteiger partial charge in [-0.15, -0.1) is 0 Å². The van der Waals surface area contributed by atoms with E-state index in [9.17, 15) is 9.59 Å². The van der Waals surface area contributed by atoms with Gasteiger partial charge in [-0.1, -0.05) is 13.3 Å². The minimum atomic E-state index is -0.507. The Hall–Kier alpha value is -1.30. The summed E-state index contributed by atoms with van der Waals surface area (Å²) in [5.74, 6) is -0.244. The maximum atomic E-state index is 11.7. The van der Waals surface area contributed by atoms with Crippen LogP contribution < -0.4 is 10.6 Å². The molecule has 0 rings (SSSR count). The number of rotatable bonds is 8. The average Bonchev–Trinajstić information content (AvgIpc) is 2.31. The molecule has 0 aromatic carbocycles. The molecule has 6 heteroatoms. The molecule has 0 fully saturated rings. The van der Waals surface area contributed by atoms with Crippen LogP contribution in [0.2, 0.25) is 0 Å². The van der Waals surface area contributed by atoms with Gasteiger partial charge in [-0.2, -0.15) is 0 Å². The van der Waals surface area contributed by atoms with Gasteiger partial charge in [0, 0.05) is 13.1 Å². The molecule has 0 aliphatic heterocycles. The molecule has 0 heterocycles. The van der Waals surface area contributed by atoms with Gasteiger partial charge in [-0.3, -0.25) is 4.79 Å². The normalized spacial score (nSPS) is 12.7. The SMILES string of the molecule is CCCC(NCCNC(=O)OC(C)(C)C)C(=O)OCC. The third kappa shape index (κ3) is 9.61. The summed E-state index contributed by atoms with van der Waals surface area (Å²) < 4.78 is 10.1. The number of amides is 1. The van der Waals surface area contributed by atoms with Crippen LogP contribution in [0, 0.1) is 0 Å². The van der Waals surface area contributed by atoms with Crippen LogP contribution in [0.3, 0.4) is 0 Å². The molecule has 2 N–H and O–H groups in total. The van der Waals surface area contributed by atoms with E-state index >= 15 is 0 Å². The summed E-state index contributed by atoms with van der Waals surface area (Å²) in [4.78, 5) is 23.1. The first-order valence-corrected chi connectivity index (χ1v) is 7.17. The Morgan fingerprint density at radius 2 is 1.80 bits per heavy atom. The van der Waals surface area contributed by atoms with Gasteiger partial charge in [0.25, 0.3) is 0 Å². The van der Waals surface area contributed by atoms with E-state index in [2.05, 4.69) is 10.6 Å². The minimum Gasteiger partial charge on any atom is -0.465 e. The van der Waals surface area contributed by atoms with Crippen molar-refractivity contribution in [1.29, 1.82) is 0 Å². The van der Waals surface area contributed by atoms with Crippen molar-refractivity contribution in [1.82, 2.24) is 10.6 Å². The zero-order valence-corrected chi connectivity index (χ0v) is 13.2. The van der Waals surface area contributed by atoms with E-state index in [0.29, 0.717) is 26.1 Å². The van der Waals surface area contributed by atoms with Crippen molar-refractivity contribution in [3.63, 3.8) is 0 Å². The van der Waals surface area contributed by atoms with Crippen molar-refractivity contribution in [3.8, 4) is 0 Å². The highest BCUT2D eigenvalue weighted by atomic mass is 16.6. The lowest BCUT2D eigenvalue weighted by Gasteiger charge is -2.20. The Balaban J connectivity index is 3.94. The second kappa shape index (κ2) is 9.58. The molecular formula is C14H28N2O4. The van der Waals surface area contributed by atoms with Crippen LogP contribution in [-0.4, -0.2) is 43.4 Å². The number of esters is 1. The van der Waals surface area contributed by atoms with Crippen molar-refractivity contribution in [2.45, 2.75) is 59.1 Å². The number of nitrogens with one attached hydrogen (secondary N) is 2. The summed E-state index contributed by atoms with van der Waals surface area (Å²) in [5.41, 5.74) is -0.507. The van der Waals surface area contributed by atoms with Gasteiger partial charge < -0.3 is 20.1 Å². The number of carbonyl (C=O) groups excluding carboxylic acids is 2. The highest BCUT2D eigenvalue weighted by Gasteiger charge is 2.18. The molecular weight excluding hydrogens is 260 g/mol. The van der Waals surface area contributed by atoms with E-state index in [0.717, 1.165) is 6.42 Å². The molecule has 0 aromatic rings. The number of ether oxygens (including phenoxy) is 2. The molecule has 118 valence electrons. The predicted molar refractivity (Wildman–Crippen MR) is 77.6 cm³/mol. The van der Waals surface area contributed by atoms with E-state index in [1.165, 1.54) is 0 Å². The number of carbonyl (C=O) groups is 2. The zero-order valence-electron chi connectivity index (χ0n) is 13.2. The average molecular weight is 288 g/mol. The van der Waals surface area contributed by atoms with Crippen molar-refractivity contribution in [3.05, 3.63) is 0 Å². The molecule has 1 amide bonds. The third-order valence-electron chi connectivity index (χ3n) is 2.33. The topological polar surface area (TPSA) is 76.7 Å². The lowest BCUT2D eigenvalue weighted by Crippen LogP contribution is -2.43. The summed E-state index contributed by atoms with van der Waals surface area (Å²) in [7, 11) is 0. The molecule has 0 spiro atoms. The van der Waals surface area contributed by atoms with Gasteiger partial charge in [-0.25, -0.2) is 4.79 Å². The first kappa shape index (κ1) is 18.7. The number of hydrogen-bond acceptors (Lipinski definition) is 5. The second-order valence-corrected chi connectivity index (χ2v) is 5.48. The smallest absolute Gasteiger partial charge is 0.407 e. The molecule has 0 bridgehead atoms. The highest BCUT2D eigenvalue weighted by molar-refractivity contribution is 5.75. The zero-order chi connectivity index (χ0) is 15.6. The molecule has 20 heavy (non-hydrogen) atoms.